The van der Waals surface area contributed by atoms with Crippen LogP contribution in [0.1, 0.15) is 78.5 Å². The summed E-state index contributed by atoms with van der Waals surface area (Å²) in [6.07, 6.45) is 9.31. The molecule has 1 saturated carbocycles. The van der Waals surface area contributed by atoms with Gasteiger partial charge >= 0.3 is 0 Å². The van der Waals surface area contributed by atoms with Crippen LogP contribution in [0.4, 0.5) is 5.69 Å². The quantitative estimate of drug-likeness (QED) is 0.153. The van der Waals surface area contributed by atoms with E-state index in [0.29, 0.717) is 53.7 Å². The van der Waals surface area contributed by atoms with Crippen LogP contribution in [0.15, 0.2) is 85.2 Å². The first-order valence-corrected chi connectivity index (χ1v) is 19.3. The first-order chi connectivity index (χ1) is 25.9. The van der Waals surface area contributed by atoms with Gasteiger partial charge in [-0.15, -0.1) is 0 Å². The zero-order chi connectivity index (χ0) is 35.9. The van der Waals surface area contributed by atoms with Crippen molar-refractivity contribution in [2.75, 3.05) is 50.8 Å². The van der Waals surface area contributed by atoms with Crippen molar-refractivity contribution in [2.45, 2.75) is 64.1 Å². The van der Waals surface area contributed by atoms with Gasteiger partial charge in [0.2, 0.25) is 0 Å². The number of nitrogens with one attached hydrogen (secondary N) is 1. The van der Waals surface area contributed by atoms with E-state index in [2.05, 4.69) is 87.0 Å². The molecule has 0 bridgehead atoms. The van der Waals surface area contributed by atoms with Gasteiger partial charge in [-0.05, 0) is 90.1 Å². The van der Waals surface area contributed by atoms with Crippen LogP contribution in [0.5, 0.6) is 23.0 Å². The number of H-pyrrole nitrogens is 1. The Balaban J connectivity index is 0.873. The Morgan fingerprint density at radius 2 is 1.77 bits per heavy atom. The highest BCUT2D eigenvalue weighted by Crippen LogP contribution is 2.53. The zero-order valence-corrected chi connectivity index (χ0v) is 30.8. The molecule has 2 aromatic heterocycles. The molecule has 1 N–H and O–H groups in total. The van der Waals surface area contributed by atoms with Crippen LogP contribution < -0.4 is 19.1 Å². The standard InChI is InChI=1S/C44H49N5O4/c1-30(2)37-5-3-4-6-38(37)39-28-47(27-31-7-10-40-42(21-31)52-20-19-51-40)17-18-49(39)35-24-44(25-35)12-15-48(16-13-44)34-9-8-33(29-50)41(23-34)53-36-22-32-11-14-45-43(32)46-26-36/h3-11,14,21-23,26,29-30,35,39H,12-13,15-20,24-25,27-28H2,1-2H3,(H,45,46). The van der Waals surface area contributed by atoms with Gasteiger partial charge in [0.1, 0.15) is 30.4 Å². The van der Waals surface area contributed by atoms with Crippen molar-refractivity contribution in [1.29, 1.82) is 0 Å². The van der Waals surface area contributed by atoms with Gasteiger partial charge in [0, 0.05) is 74.7 Å². The minimum atomic E-state index is 0.366. The maximum atomic E-state index is 12.0. The van der Waals surface area contributed by atoms with Gasteiger partial charge in [0.25, 0.3) is 0 Å². The van der Waals surface area contributed by atoms with Crippen LogP contribution in [-0.4, -0.2) is 78.0 Å². The Morgan fingerprint density at radius 1 is 0.943 bits per heavy atom. The summed E-state index contributed by atoms with van der Waals surface area (Å²) < 4.78 is 17.9. The van der Waals surface area contributed by atoms with Crippen molar-refractivity contribution in [3.63, 3.8) is 0 Å². The molecule has 9 nitrogen and oxygen atoms in total. The molecule has 0 radical (unpaired) electrons. The molecular formula is C44H49N5O4. The molecule has 2 saturated heterocycles. The predicted molar refractivity (Wildman–Crippen MR) is 208 cm³/mol. The van der Waals surface area contributed by atoms with E-state index in [-0.39, 0.29) is 0 Å². The Labute approximate surface area is 311 Å². The van der Waals surface area contributed by atoms with E-state index < -0.39 is 0 Å². The molecule has 1 atom stereocenters. The lowest BCUT2D eigenvalue weighted by Gasteiger charge is -2.58. The number of rotatable bonds is 9. The average molecular weight is 712 g/mol. The average Bonchev–Trinajstić information content (AvgIpc) is 3.65. The number of carbonyl (C=O) groups excluding carboxylic acids is 1. The number of ether oxygens (including phenoxy) is 3. The maximum absolute atomic E-state index is 12.0. The highest BCUT2D eigenvalue weighted by atomic mass is 16.6. The van der Waals surface area contributed by atoms with E-state index in [4.69, 9.17) is 14.2 Å². The van der Waals surface area contributed by atoms with E-state index in [1.807, 2.05) is 30.5 Å². The van der Waals surface area contributed by atoms with Crippen LogP contribution in [0.3, 0.4) is 0 Å². The highest BCUT2D eigenvalue weighted by molar-refractivity contribution is 5.81. The van der Waals surface area contributed by atoms with E-state index in [1.54, 1.807) is 6.20 Å². The number of hydrogen-bond donors (Lipinski definition) is 1. The van der Waals surface area contributed by atoms with Crippen LogP contribution >= 0.6 is 0 Å². The van der Waals surface area contributed by atoms with Crippen LogP contribution in [-0.2, 0) is 6.54 Å². The summed E-state index contributed by atoms with van der Waals surface area (Å²) in [7, 11) is 0. The summed E-state index contributed by atoms with van der Waals surface area (Å²) in [6, 6.07) is 26.4. The molecule has 0 amide bonds. The third-order valence-electron chi connectivity index (χ3n) is 12.2. The highest BCUT2D eigenvalue weighted by Gasteiger charge is 2.50. The molecule has 5 aromatic rings. The second kappa shape index (κ2) is 14.2. The van der Waals surface area contributed by atoms with Crippen LogP contribution in [0.2, 0.25) is 0 Å². The molecular weight excluding hydrogens is 663 g/mol. The monoisotopic (exact) mass is 711 g/mol. The molecule has 5 heterocycles. The molecule has 1 unspecified atom stereocenters. The van der Waals surface area contributed by atoms with Gasteiger partial charge in [-0.2, -0.15) is 0 Å². The summed E-state index contributed by atoms with van der Waals surface area (Å²) in [4.78, 5) is 27.5. The maximum Gasteiger partial charge on any atom is 0.161 e. The fourth-order valence-corrected chi connectivity index (χ4v) is 9.33. The first kappa shape index (κ1) is 33.9. The normalized spacial score (nSPS) is 20.5. The van der Waals surface area contributed by atoms with Crippen molar-refractivity contribution in [3.05, 3.63) is 107 Å². The Morgan fingerprint density at radius 3 is 2.60 bits per heavy atom. The smallest absolute Gasteiger partial charge is 0.161 e. The number of fused-ring (bicyclic) bond motifs is 2. The number of nitrogens with zero attached hydrogens (tertiary/aromatic N) is 4. The molecule has 9 rings (SSSR count). The number of aldehydes is 1. The number of piperidine rings is 1. The molecule has 1 spiro atoms. The van der Waals surface area contributed by atoms with Crippen LogP contribution in [0.25, 0.3) is 11.0 Å². The predicted octanol–water partition coefficient (Wildman–Crippen LogP) is 8.37. The molecule has 9 heteroatoms. The fraction of sp³-hybridized carbons (Fsp3) is 0.409. The number of piperazine rings is 1. The molecule has 274 valence electrons. The Bertz CT molecular complexity index is 2090. The number of carbonyl (C=O) groups is 1. The molecule has 3 aliphatic heterocycles. The van der Waals surface area contributed by atoms with E-state index in [0.717, 1.165) is 73.8 Å². The van der Waals surface area contributed by atoms with E-state index in [9.17, 15) is 4.79 Å². The number of aromatic nitrogens is 2. The summed E-state index contributed by atoms with van der Waals surface area (Å²) in [5.41, 5.74) is 7.09. The Kier molecular flexibility index (Phi) is 9.08. The summed E-state index contributed by atoms with van der Waals surface area (Å²) in [5, 5.41) is 0.973. The minimum absolute atomic E-state index is 0.366. The largest absolute Gasteiger partial charge is 0.486 e. The van der Waals surface area contributed by atoms with Gasteiger partial charge in [-0.3, -0.25) is 14.6 Å². The lowest BCUT2D eigenvalue weighted by Crippen LogP contribution is -2.60. The van der Waals surface area contributed by atoms with Crippen molar-refractivity contribution >= 4 is 23.0 Å². The van der Waals surface area contributed by atoms with Gasteiger partial charge in [0.05, 0.1) is 11.8 Å². The van der Waals surface area contributed by atoms with E-state index >= 15 is 0 Å². The van der Waals surface area contributed by atoms with Gasteiger partial charge in [-0.25, -0.2) is 4.98 Å². The van der Waals surface area contributed by atoms with Crippen molar-refractivity contribution in [3.8, 4) is 23.0 Å². The molecule has 53 heavy (non-hydrogen) atoms. The zero-order valence-electron chi connectivity index (χ0n) is 30.8. The number of hydrogen-bond acceptors (Lipinski definition) is 8. The third-order valence-corrected chi connectivity index (χ3v) is 12.2. The second-order valence-corrected chi connectivity index (χ2v) is 15.8. The number of aromatic amines is 1. The first-order valence-electron chi connectivity index (χ1n) is 19.3. The topological polar surface area (TPSA) is 83.2 Å². The van der Waals surface area contributed by atoms with Crippen LogP contribution in [0, 0.1) is 5.41 Å². The van der Waals surface area contributed by atoms with Crippen molar-refractivity contribution in [2.24, 2.45) is 5.41 Å². The van der Waals surface area contributed by atoms with Gasteiger partial charge < -0.3 is 24.1 Å². The summed E-state index contributed by atoms with van der Waals surface area (Å²) >= 11 is 0. The molecule has 3 aromatic carbocycles. The van der Waals surface area contributed by atoms with Crippen molar-refractivity contribution < 1.29 is 19.0 Å². The Hall–Kier alpha value is -4.86. The fourth-order valence-electron chi connectivity index (χ4n) is 9.33. The molecule has 3 fully saturated rings. The number of anilines is 1. The van der Waals surface area contributed by atoms with Gasteiger partial charge in [-0.1, -0.05) is 44.2 Å². The van der Waals surface area contributed by atoms with E-state index in [1.165, 1.54) is 42.4 Å². The second-order valence-electron chi connectivity index (χ2n) is 15.8. The lowest BCUT2D eigenvalue weighted by molar-refractivity contribution is -0.0628. The molecule has 1 aliphatic carbocycles. The molecule has 4 aliphatic rings. The van der Waals surface area contributed by atoms with Crippen molar-refractivity contribution in [1.82, 2.24) is 19.8 Å². The minimum Gasteiger partial charge on any atom is -0.486 e. The van der Waals surface area contributed by atoms with Gasteiger partial charge in [0.15, 0.2) is 17.8 Å². The summed E-state index contributed by atoms with van der Waals surface area (Å²) in [6.45, 7) is 12.0. The summed E-state index contributed by atoms with van der Waals surface area (Å²) in [5.74, 6) is 3.39. The third kappa shape index (κ3) is 6.77. The number of pyridine rings is 1. The number of benzene rings is 3. The lowest BCUT2D eigenvalue weighted by atomic mass is 9.59. The SMILES string of the molecule is CC(C)c1ccccc1C1CN(Cc2ccc3c(c2)OCCO3)CCN1C1CC2(CCN(c3ccc(C=O)c(Oc4cnc5[nH]ccc5c4)c3)CC2)C1.